The molecule has 8 amide bonds. The number of rotatable bonds is 28. The molecule has 26 nitrogen and oxygen atoms in total. The Hall–Kier alpha value is -7.52. The Morgan fingerprint density at radius 2 is 0.974 bits per heavy atom. The van der Waals surface area contributed by atoms with E-state index in [1.807, 2.05) is 5.32 Å². The molecule has 9 atom stereocenters. The van der Waals surface area contributed by atoms with Gasteiger partial charge in [0, 0.05) is 44.5 Å². The average molecular weight is 1090 g/mol. The normalized spacial score (nSPS) is 17.9. The van der Waals surface area contributed by atoms with Gasteiger partial charge < -0.3 is 78.1 Å². The number of nitrogens with two attached hydrogens (primary N) is 1. The summed E-state index contributed by atoms with van der Waals surface area (Å²) >= 11 is 4.00. The third-order valence-corrected chi connectivity index (χ3v) is 13.2. The highest BCUT2D eigenvalue weighted by Gasteiger charge is 2.43. The summed E-state index contributed by atoms with van der Waals surface area (Å²) in [7, 11) is 0. The molecule has 0 aromatic heterocycles. The van der Waals surface area contributed by atoms with E-state index in [0.717, 1.165) is 4.90 Å². The molecule has 2 aromatic rings. The lowest BCUT2D eigenvalue weighted by Crippen LogP contribution is -2.61. The first-order valence-electron chi connectivity index (χ1n) is 24.6. The maximum Gasteiger partial charge on any atom is 0.328 e. The van der Waals surface area contributed by atoms with E-state index in [1.165, 1.54) is 53.4 Å². The lowest BCUT2D eigenvalue weighted by atomic mass is 9.99. The number of hydrogen-bond donors (Lipinski definition) is 14. The smallest absolute Gasteiger partial charge is 0.328 e. The van der Waals surface area contributed by atoms with Crippen LogP contribution in [-0.4, -0.2) is 185 Å². The zero-order valence-corrected chi connectivity index (χ0v) is 42.8. The van der Waals surface area contributed by atoms with E-state index in [1.54, 1.807) is 13.8 Å². The number of phenols is 2. The first kappa shape index (κ1) is 61.0. The molecule has 27 heteroatoms. The van der Waals surface area contributed by atoms with Crippen molar-refractivity contribution >= 4 is 77.8 Å². The fraction of sp³-hybridized carbons (Fsp3) is 0.531. The summed E-state index contributed by atoms with van der Waals surface area (Å²) < 4.78 is 0. The van der Waals surface area contributed by atoms with Gasteiger partial charge in [0.15, 0.2) is 0 Å². The molecular weight excluding hydrogens is 1020 g/mol. The first-order valence-corrected chi connectivity index (χ1v) is 25.2. The Morgan fingerprint density at radius 3 is 1.37 bits per heavy atom. The van der Waals surface area contributed by atoms with E-state index in [4.69, 9.17) is 5.73 Å². The van der Waals surface area contributed by atoms with Gasteiger partial charge in [-0.3, -0.25) is 47.9 Å². The molecule has 0 spiro atoms. The molecular formula is C49H67N9O17S. The number of phenolic OH excluding ortho intramolecular Hbond substituents is 2. The standard InChI is InChI=1S/C49H67N9O17S/c1-25(2)40(56-45(70)37-6-4-20-58(37)47(72)33(21-26-7-11-28(60)12-8-26)53-42(67)31(15-17-38(62)63)51-41(66)30(50)24-76)46(71)54-34(22-27-9-13-29(61)14-10-27)48(73)57-19-3-5-36(57)44(69)52-32(16-18-39(64)65)43(68)55-35(23-59)49(74)75/h7-14,25,30-37,40,59-61,76H,3-6,15-24,50H2,1-2H3,(H,51,66)(H,52,69)(H,53,67)(H,54,71)(H,55,68)(H,56,70)(H,62,63)(H,64,65)(H,74,75)/t30-,31-,32-,33-,34-,35-,36-,37-,40-/m0/s1. The van der Waals surface area contributed by atoms with Gasteiger partial charge >= 0.3 is 17.9 Å². The number of aromatic hydroxyl groups is 2. The lowest BCUT2D eigenvalue weighted by Gasteiger charge is -2.32. The number of carboxylic acid groups (broad SMARTS) is 3. The van der Waals surface area contributed by atoms with Crippen LogP contribution >= 0.6 is 12.6 Å². The molecule has 416 valence electrons. The third-order valence-electron chi connectivity index (χ3n) is 12.8. The van der Waals surface area contributed by atoms with Crippen molar-refractivity contribution in [1.29, 1.82) is 0 Å². The molecule has 0 saturated carbocycles. The molecule has 0 bridgehead atoms. The number of aliphatic hydroxyl groups excluding tert-OH is 1. The van der Waals surface area contributed by atoms with Gasteiger partial charge in [0.2, 0.25) is 47.3 Å². The molecule has 0 aliphatic carbocycles. The van der Waals surface area contributed by atoms with E-state index in [-0.39, 0.29) is 68.9 Å². The second-order valence-corrected chi connectivity index (χ2v) is 19.2. The van der Waals surface area contributed by atoms with Crippen molar-refractivity contribution in [2.45, 2.75) is 132 Å². The molecule has 0 radical (unpaired) electrons. The summed E-state index contributed by atoms with van der Waals surface area (Å²) in [6.45, 7) is 2.23. The third kappa shape index (κ3) is 17.8. The van der Waals surface area contributed by atoms with Crippen LogP contribution in [0.3, 0.4) is 0 Å². The number of carbonyl (C=O) groups is 11. The van der Waals surface area contributed by atoms with E-state index >= 15 is 0 Å². The highest BCUT2D eigenvalue weighted by Crippen LogP contribution is 2.24. The Bertz CT molecular complexity index is 2430. The van der Waals surface area contributed by atoms with Crippen LogP contribution in [0.15, 0.2) is 48.5 Å². The summed E-state index contributed by atoms with van der Waals surface area (Å²) in [6.07, 6.45) is -1.65. The lowest BCUT2D eigenvalue weighted by molar-refractivity contribution is -0.145. The van der Waals surface area contributed by atoms with E-state index in [0.29, 0.717) is 17.5 Å². The van der Waals surface area contributed by atoms with Gasteiger partial charge in [-0.25, -0.2) is 4.79 Å². The van der Waals surface area contributed by atoms with Crippen LogP contribution in [0.25, 0.3) is 0 Å². The Kier molecular flexibility index (Phi) is 23.3. The minimum absolute atomic E-state index is 0.0115. The van der Waals surface area contributed by atoms with Crippen molar-refractivity contribution in [3.05, 3.63) is 59.7 Å². The number of hydrogen-bond acceptors (Lipinski definition) is 16. The highest BCUT2D eigenvalue weighted by atomic mass is 32.1. The topological polar surface area (TPSA) is 414 Å². The van der Waals surface area contributed by atoms with Gasteiger partial charge in [0.25, 0.3) is 0 Å². The molecule has 0 unspecified atom stereocenters. The molecule has 4 rings (SSSR count). The minimum Gasteiger partial charge on any atom is -0.508 e. The Labute approximate surface area is 442 Å². The number of carbonyl (C=O) groups excluding carboxylic acids is 8. The Morgan fingerprint density at radius 1 is 0.579 bits per heavy atom. The van der Waals surface area contributed by atoms with Crippen LogP contribution in [0.1, 0.15) is 76.3 Å². The number of carboxylic acids is 3. The largest absolute Gasteiger partial charge is 0.508 e. The van der Waals surface area contributed by atoms with Crippen LogP contribution in [0, 0.1) is 5.92 Å². The van der Waals surface area contributed by atoms with Crippen molar-refractivity contribution in [2.24, 2.45) is 11.7 Å². The second kappa shape index (κ2) is 29.0. The molecule has 2 fully saturated rings. The minimum atomic E-state index is -1.77. The van der Waals surface area contributed by atoms with Crippen molar-refractivity contribution in [3.63, 3.8) is 0 Å². The van der Waals surface area contributed by atoms with Crippen LogP contribution in [0.5, 0.6) is 11.5 Å². The van der Waals surface area contributed by atoms with Gasteiger partial charge in [0.1, 0.15) is 59.8 Å². The quantitative estimate of drug-likeness (QED) is 0.0392. The zero-order chi connectivity index (χ0) is 56.4. The summed E-state index contributed by atoms with van der Waals surface area (Å²) in [5, 5.41) is 72.3. The predicted octanol–water partition coefficient (Wildman–Crippen LogP) is -2.51. The maximum absolute atomic E-state index is 14.6. The maximum atomic E-state index is 14.6. The number of thiol groups is 1. The zero-order valence-electron chi connectivity index (χ0n) is 41.9. The predicted molar refractivity (Wildman–Crippen MR) is 270 cm³/mol. The summed E-state index contributed by atoms with van der Waals surface area (Å²) in [4.78, 5) is 148. The molecule has 2 heterocycles. The average Bonchev–Trinajstić information content (AvgIpc) is 4.08. The second-order valence-electron chi connectivity index (χ2n) is 18.8. The number of nitrogens with zero attached hydrogens (tertiary/aromatic N) is 2. The fourth-order valence-corrected chi connectivity index (χ4v) is 8.79. The Balaban J connectivity index is 1.59. The number of benzene rings is 2. The van der Waals surface area contributed by atoms with Gasteiger partial charge in [-0.05, 0) is 79.8 Å². The summed E-state index contributed by atoms with van der Waals surface area (Å²) in [6, 6.07) is -1.25. The van der Waals surface area contributed by atoms with E-state index in [2.05, 4.69) is 39.2 Å². The number of aliphatic hydroxyl groups is 1. The number of amides is 8. The molecule has 2 aliphatic rings. The van der Waals surface area contributed by atoms with Gasteiger partial charge in [-0.2, -0.15) is 12.6 Å². The van der Waals surface area contributed by atoms with Crippen LogP contribution in [0.4, 0.5) is 0 Å². The number of aliphatic carboxylic acids is 3. The fourth-order valence-electron chi connectivity index (χ4n) is 8.62. The van der Waals surface area contributed by atoms with Crippen molar-refractivity contribution in [2.75, 3.05) is 25.4 Å². The molecule has 14 N–H and O–H groups in total. The van der Waals surface area contributed by atoms with Gasteiger partial charge in [-0.15, -0.1) is 0 Å². The first-order chi connectivity index (χ1) is 35.9. The number of nitrogens with one attached hydrogen (secondary N) is 6. The van der Waals surface area contributed by atoms with Crippen LogP contribution in [0.2, 0.25) is 0 Å². The van der Waals surface area contributed by atoms with Crippen LogP contribution < -0.4 is 37.6 Å². The molecule has 2 aromatic carbocycles. The molecule has 76 heavy (non-hydrogen) atoms. The SMILES string of the molecule is CC(C)[C@H](NC(=O)[C@@H]1CCCN1C(=O)[C@H](Cc1ccc(O)cc1)NC(=O)[C@H](CCC(=O)O)NC(=O)[C@@H](N)CS)C(=O)N[C@@H](Cc1ccc(O)cc1)C(=O)N1CCC[C@H]1C(=O)N[C@@H](CCC(=O)O)C(=O)N[C@@H](CO)C(=O)O. The molecule has 2 aliphatic heterocycles. The number of likely N-dealkylation sites (tertiary alicyclic amines) is 2. The van der Waals surface area contributed by atoms with E-state index < -0.39 is 151 Å². The summed E-state index contributed by atoms with van der Waals surface area (Å²) in [5.74, 6) is -12.0. The van der Waals surface area contributed by atoms with Gasteiger partial charge in [0.05, 0.1) is 12.6 Å². The van der Waals surface area contributed by atoms with Crippen LogP contribution in [-0.2, 0) is 65.6 Å². The summed E-state index contributed by atoms with van der Waals surface area (Å²) in [5.41, 5.74) is 6.71. The monoisotopic (exact) mass is 1090 g/mol. The van der Waals surface area contributed by atoms with E-state index in [9.17, 15) is 83.4 Å². The van der Waals surface area contributed by atoms with Crippen molar-refractivity contribution < 1.29 is 83.4 Å². The van der Waals surface area contributed by atoms with Crippen molar-refractivity contribution in [3.8, 4) is 11.5 Å². The molecule has 2 saturated heterocycles. The highest BCUT2D eigenvalue weighted by molar-refractivity contribution is 7.80. The van der Waals surface area contributed by atoms with Crippen molar-refractivity contribution in [1.82, 2.24) is 41.7 Å². The van der Waals surface area contributed by atoms with Gasteiger partial charge in [-0.1, -0.05) is 38.1 Å².